The number of carbonyl (C=O) groups is 2. The SMILES string of the molecule is CC(C)(C)CCC(=O)C(C)(C)C.CC(C)(C)NCCOCCOCCC(=O)C(C)(C)C. The van der Waals surface area contributed by atoms with Crippen LogP contribution in [0.5, 0.6) is 0 Å². The number of ether oxygens (including phenoxy) is 2. The van der Waals surface area contributed by atoms with E-state index in [0.29, 0.717) is 45.1 Å². The Kier molecular flexibility index (Phi) is 15.0. The summed E-state index contributed by atoms with van der Waals surface area (Å²) in [6, 6.07) is 0. The molecule has 31 heavy (non-hydrogen) atoms. The van der Waals surface area contributed by atoms with Gasteiger partial charge in [0.05, 0.1) is 26.4 Å². The first kappa shape index (κ1) is 32.4. The lowest BCUT2D eigenvalue weighted by Crippen LogP contribution is -2.38. The van der Waals surface area contributed by atoms with E-state index in [9.17, 15) is 9.59 Å². The highest BCUT2D eigenvalue weighted by atomic mass is 16.5. The van der Waals surface area contributed by atoms with Gasteiger partial charge in [0.25, 0.3) is 0 Å². The molecule has 186 valence electrons. The van der Waals surface area contributed by atoms with Crippen LogP contribution >= 0.6 is 0 Å². The van der Waals surface area contributed by atoms with Gasteiger partial charge in [-0.3, -0.25) is 9.59 Å². The molecule has 0 heterocycles. The first-order chi connectivity index (χ1) is 13.8. The lowest BCUT2D eigenvalue weighted by atomic mass is 9.83. The molecule has 1 N–H and O–H groups in total. The predicted octanol–water partition coefficient (Wildman–Crippen LogP) is 5.84. The third kappa shape index (κ3) is 23.7. The van der Waals surface area contributed by atoms with E-state index in [4.69, 9.17) is 9.47 Å². The smallest absolute Gasteiger partial charge is 0.140 e. The molecule has 0 radical (unpaired) electrons. The number of carbonyl (C=O) groups excluding carboxylic acids is 2. The van der Waals surface area contributed by atoms with Gasteiger partial charge in [-0.25, -0.2) is 0 Å². The summed E-state index contributed by atoms with van der Waals surface area (Å²) in [5.41, 5.74) is -0.0160. The van der Waals surface area contributed by atoms with Crippen LogP contribution in [-0.4, -0.2) is 50.1 Å². The molecule has 0 spiro atoms. The van der Waals surface area contributed by atoms with Crippen molar-refractivity contribution in [2.24, 2.45) is 16.2 Å². The molecule has 5 heteroatoms. The number of hydrogen-bond acceptors (Lipinski definition) is 5. The highest BCUT2D eigenvalue weighted by Gasteiger charge is 2.23. The zero-order valence-electron chi connectivity index (χ0n) is 22.8. The van der Waals surface area contributed by atoms with Crippen molar-refractivity contribution in [2.45, 2.75) is 108 Å². The Labute approximate surface area is 193 Å². The molecule has 0 atom stereocenters. The summed E-state index contributed by atoms with van der Waals surface area (Å²) in [5, 5.41) is 3.35. The van der Waals surface area contributed by atoms with Crippen molar-refractivity contribution < 1.29 is 19.1 Å². The Morgan fingerprint density at radius 2 is 1.03 bits per heavy atom. The van der Waals surface area contributed by atoms with E-state index in [1.807, 2.05) is 41.5 Å². The van der Waals surface area contributed by atoms with Gasteiger partial charge in [-0.1, -0.05) is 62.3 Å². The molecule has 0 rings (SSSR count). The van der Waals surface area contributed by atoms with E-state index in [0.717, 1.165) is 13.0 Å². The van der Waals surface area contributed by atoms with Gasteiger partial charge in [-0.15, -0.1) is 0 Å². The van der Waals surface area contributed by atoms with Crippen molar-refractivity contribution in [2.75, 3.05) is 33.0 Å². The van der Waals surface area contributed by atoms with Crippen molar-refractivity contribution in [3.05, 3.63) is 0 Å². The lowest BCUT2D eigenvalue weighted by Gasteiger charge is -2.21. The third-order valence-electron chi connectivity index (χ3n) is 4.52. The summed E-state index contributed by atoms with van der Waals surface area (Å²) in [7, 11) is 0. The number of Topliss-reactive ketones (excluding diaryl/α,β-unsaturated/α-hetero) is 2. The first-order valence-corrected chi connectivity index (χ1v) is 11.7. The first-order valence-electron chi connectivity index (χ1n) is 11.7. The molecule has 0 bridgehead atoms. The maximum atomic E-state index is 11.6. The molecule has 0 unspecified atom stereocenters. The van der Waals surface area contributed by atoms with Crippen LogP contribution in [0.2, 0.25) is 0 Å². The maximum Gasteiger partial charge on any atom is 0.140 e. The van der Waals surface area contributed by atoms with Crippen LogP contribution in [0, 0.1) is 16.2 Å². The zero-order valence-corrected chi connectivity index (χ0v) is 22.8. The molecule has 0 aromatic heterocycles. The Bertz CT molecular complexity index is 499. The molecule has 0 aliphatic heterocycles. The lowest BCUT2D eigenvalue weighted by molar-refractivity contribution is -0.127. The molecule has 0 fully saturated rings. The minimum atomic E-state index is -0.265. The van der Waals surface area contributed by atoms with Gasteiger partial charge < -0.3 is 14.8 Å². The molecule has 5 nitrogen and oxygen atoms in total. The summed E-state index contributed by atoms with van der Waals surface area (Å²) in [4.78, 5) is 23.1. The normalized spacial score (nSPS) is 12.9. The largest absolute Gasteiger partial charge is 0.379 e. The van der Waals surface area contributed by atoms with Crippen LogP contribution < -0.4 is 5.32 Å². The van der Waals surface area contributed by atoms with E-state index in [-0.39, 0.29) is 27.6 Å². The highest BCUT2D eigenvalue weighted by Crippen LogP contribution is 2.25. The second kappa shape index (κ2) is 14.4. The summed E-state index contributed by atoms with van der Waals surface area (Å²) >= 11 is 0. The predicted molar refractivity (Wildman–Crippen MR) is 132 cm³/mol. The van der Waals surface area contributed by atoms with Crippen molar-refractivity contribution in [1.29, 1.82) is 0 Å². The molecule has 0 aromatic rings. The number of rotatable bonds is 11. The fourth-order valence-corrected chi connectivity index (χ4v) is 2.22. The fourth-order valence-electron chi connectivity index (χ4n) is 2.22. The third-order valence-corrected chi connectivity index (χ3v) is 4.52. The van der Waals surface area contributed by atoms with Crippen molar-refractivity contribution in [1.82, 2.24) is 5.32 Å². The van der Waals surface area contributed by atoms with Crippen molar-refractivity contribution >= 4 is 11.6 Å². The monoisotopic (exact) mass is 443 g/mol. The molecule has 0 aliphatic rings. The van der Waals surface area contributed by atoms with Gasteiger partial charge in [0, 0.05) is 35.8 Å². The van der Waals surface area contributed by atoms with E-state index in [2.05, 4.69) is 46.9 Å². The summed E-state index contributed by atoms with van der Waals surface area (Å²) < 4.78 is 10.8. The molecular formula is C26H53NO4. The number of nitrogens with one attached hydrogen (secondary N) is 1. The average Bonchev–Trinajstić information content (AvgIpc) is 2.55. The van der Waals surface area contributed by atoms with E-state index in [1.165, 1.54) is 0 Å². The summed E-state index contributed by atoms with van der Waals surface area (Å²) in [6.07, 6.45) is 2.19. The van der Waals surface area contributed by atoms with E-state index < -0.39 is 0 Å². The van der Waals surface area contributed by atoms with Crippen LogP contribution in [0.4, 0.5) is 0 Å². The van der Waals surface area contributed by atoms with Gasteiger partial charge in [-0.05, 0) is 32.6 Å². The van der Waals surface area contributed by atoms with Crippen LogP contribution in [0.25, 0.3) is 0 Å². The molecule has 0 aliphatic carbocycles. The molecular weight excluding hydrogens is 390 g/mol. The summed E-state index contributed by atoms with van der Waals surface area (Å²) in [5.74, 6) is 0.611. The molecule has 0 saturated heterocycles. The zero-order chi connectivity index (χ0) is 24.9. The van der Waals surface area contributed by atoms with Gasteiger partial charge in [-0.2, -0.15) is 0 Å². The topological polar surface area (TPSA) is 64.6 Å². The fraction of sp³-hybridized carbons (Fsp3) is 0.923. The van der Waals surface area contributed by atoms with Crippen molar-refractivity contribution in [3.63, 3.8) is 0 Å². The maximum absolute atomic E-state index is 11.6. The van der Waals surface area contributed by atoms with Gasteiger partial charge in [0.15, 0.2) is 0 Å². The standard InChI is InChI=1S/C15H31NO3.C11H22O/c1-14(2,3)13(17)7-9-18-11-12-19-10-8-16-15(4,5)6;1-10(2,3)8-7-9(12)11(4,5)6/h16H,7-12H2,1-6H3;7-8H2,1-6H3. The molecule has 0 amide bonds. The average molecular weight is 444 g/mol. The van der Waals surface area contributed by atoms with Gasteiger partial charge >= 0.3 is 0 Å². The number of ketones is 2. The van der Waals surface area contributed by atoms with E-state index in [1.54, 1.807) is 0 Å². The molecule has 0 saturated carbocycles. The second-order valence-electron chi connectivity index (χ2n) is 12.6. The van der Waals surface area contributed by atoms with Crippen LogP contribution in [0.1, 0.15) is 102 Å². The Morgan fingerprint density at radius 3 is 1.42 bits per heavy atom. The van der Waals surface area contributed by atoms with E-state index >= 15 is 0 Å². The minimum absolute atomic E-state index is 0.132. The van der Waals surface area contributed by atoms with Crippen LogP contribution in [-0.2, 0) is 19.1 Å². The quantitative estimate of drug-likeness (QED) is 0.406. The Balaban J connectivity index is 0. The Morgan fingerprint density at radius 1 is 0.613 bits per heavy atom. The van der Waals surface area contributed by atoms with Crippen molar-refractivity contribution in [3.8, 4) is 0 Å². The van der Waals surface area contributed by atoms with Crippen LogP contribution in [0.3, 0.4) is 0 Å². The second-order valence-corrected chi connectivity index (χ2v) is 12.6. The van der Waals surface area contributed by atoms with Gasteiger partial charge in [0.2, 0.25) is 0 Å². The highest BCUT2D eigenvalue weighted by molar-refractivity contribution is 5.84. The number of hydrogen-bond donors (Lipinski definition) is 1. The minimum Gasteiger partial charge on any atom is -0.379 e. The summed E-state index contributed by atoms with van der Waals surface area (Å²) in [6.45, 7) is 27.8. The Hall–Kier alpha value is -0.780. The van der Waals surface area contributed by atoms with Gasteiger partial charge in [0.1, 0.15) is 11.6 Å². The molecule has 0 aromatic carbocycles. The van der Waals surface area contributed by atoms with Crippen LogP contribution in [0.15, 0.2) is 0 Å².